The first kappa shape index (κ1) is 20.8. The van der Waals surface area contributed by atoms with Crippen molar-refractivity contribution in [2.45, 2.75) is 11.4 Å². The first-order chi connectivity index (χ1) is 14.8. The van der Waals surface area contributed by atoms with Crippen molar-refractivity contribution in [1.29, 1.82) is 0 Å². The second-order valence-corrected chi connectivity index (χ2v) is 8.38. The van der Waals surface area contributed by atoms with Gasteiger partial charge in [0.1, 0.15) is 11.6 Å². The zero-order valence-electron chi connectivity index (χ0n) is 15.9. The molecule has 0 saturated carbocycles. The zero-order valence-corrected chi connectivity index (χ0v) is 16.7. The van der Waals surface area contributed by atoms with Crippen LogP contribution in [-0.4, -0.2) is 21.1 Å². The summed E-state index contributed by atoms with van der Waals surface area (Å²) in [6, 6.07) is 12.8. The summed E-state index contributed by atoms with van der Waals surface area (Å²) in [5.41, 5.74) is 0.559. The molecule has 1 aliphatic rings. The number of benzene rings is 3. The van der Waals surface area contributed by atoms with Gasteiger partial charge in [0.2, 0.25) is 16.8 Å². The fraction of sp³-hybridized carbons (Fsp3) is 0.0952. The van der Waals surface area contributed by atoms with Crippen LogP contribution in [0.25, 0.3) is 0 Å². The number of rotatable bonds is 6. The molecule has 1 aliphatic heterocycles. The molecule has 4 rings (SSSR count). The second kappa shape index (κ2) is 8.32. The molecular weight excluding hydrogens is 430 g/mol. The molecule has 0 bridgehead atoms. The molecule has 0 aliphatic carbocycles. The molecule has 0 spiro atoms. The third kappa shape index (κ3) is 4.65. The Morgan fingerprint density at radius 3 is 2.42 bits per heavy atom. The Balaban J connectivity index is 1.44. The highest BCUT2D eigenvalue weighted by atomic mass is 32.2. The lowest BCUT2D eigenvalue weighted by Gasteiger charge is -2.10. The van der Waals surface area contributed by atoms with Crippen LogP contribution in [0.3, 0.4) is 0 Å². The van der Waals surface area contributed by atoms with Crippen molar-refractivity contribution in [3.05, 3.63) is 83.4 Å². The van der Waals surface area contributed by atoms with Crippen molar-refractivity contribution in [1.82, 2.24) is 4.72 Å². The van der Waals surface area contributed by atoms with Crippen molar-refractivity contribution < 1.29 is 31.5 Å². The Bertz CT molecular complexity index is 1250. The molecular formula is C21H16F2N2O5S. The van der Waals surface area contributed by atoms with Crippen molar-refractivity contribution in [2.75, 3.05) is 12.1 Å². The number of carbonyl (C=O) groups excluding carboxylic acids is 1. The summed E-state index contributed by atoms with van der Waals surface area (Å²) < 4.78 is 65.3. The highest BCUT2D eigenvalue weighted by Gasteiger charge is 2.19. The molecule has 0 aromatic heterocycles. The summed E-state index contributed by atoms with van der Waals surface area (Å²) in [4.78, 5) is 11.8. The summed E-state index contributed by atoms with van der Waals surface area (Å²) in [7, 11) is -4.01. The average molecular weight is 446 g/mol. The molecule has 3 aromatic carbocycles. The summed E-state index contributed by atoms with van der Waals surface area (Å²) in [5, 5.41) is 2.33. The van der Waals surface area contributed by atoms with Crippen LogP contribution < -0.4 is 19.5 Å². The summed E-state index contributed by atoms with van der Waals surface area (Å²) in [6.07, 6.45) is 0. The predicted octanol–water partition coefficient (Wildman–Crippen LogP) is 3.42. The van der Waals surface area contributed by atoms with Crippen LogP contribution in [0.4, 0.5) is 14.5 Å². The van der Waals surface area contributed by atoms with E-state index in [9.17, 15) is 22.0 Å². The van der Waals surface area contributed by atoms with Gasteiger partial charge in [0, 0.05) is 12.1 Å². The summed E-state index contributed by atoms with van der Waals surface area (Å²) in [5.74, 6) is -1.00. The van der Waals surface area contributed by atoms with E-state index in [1.807, 2.05) is 0 Å². The van der Waals surface area contributed by atoms with Crippen LogP contribution in [0.2, 0.25) is 0 Å². The number of amides is 1. The monoisotopic (exact) mass is 446 g/mol. The van der Waals surface area contributed by atoms with Crippen LogP contribution in [0.5, 0.6) is 11.5 Å². The molecule has 0 saturated heterocycles. The molecule has 1 heterocycles. The van der Waals surface area contributed by atoms with E-state index in [0.717, 1.165) is 24.3 Å². The lowest BCUT2D eigenvalue weighted by atomic mass is 10.2. The first-order valence-corrected chi connectivity index (χ1v) is 10.5. The normalized spacial score (nSPS) is 12.6. The number of ether oxygens (including phenoxy) is 2. The Kier molecular flexibility index (Phi) is 5.57. The van der Waals surface area contributed by atoms with E-state index in [0.29, 0.717) is 17.1 Å². The van der Waals surface area contributed by atoms with Crippen molar-refractivity contribution in [2.24, 2.45) is 0 Å². The standard InChI is InChI=1S/C21H16F2N2O5S/c22-15-4-2-14(3-5-15)21(26)25-18-7-6-16(10-17(18)23)31(27,28)24-11-13-1-8-19-20(9-13)30-12-29-19/h1-10,24H,11-12H2,(H,25,26). The Morgan fingerprint density at radius 1 is 0.935 bits per heavy atom. The van der Waals surface area contributed by atoms with Gasteiger partial charge in [-0.15, -0.1) is 0 Å². The third-order valence-electron chi connectivity index (χ3n) is 4.51. The average Bonchev–Trinajstić information content (AvgIpc) is 3.22. The molecule has 3 aromatic rings. The molecule has 7 nitrogen and oxygen atoms in total. The number of fused-ring (bicyclic) bond motifs is 1. The summed E-state index contributed by atoms with van der Waals surface area (Å²) in [6.45, 7) is 0.0669. The molecule has 0 fully saturated rings. The van der Waals surface area contributed by atoms with Gasteiger partial charge in [-0.2, -0.15) is 0 Å². The maximum atomic E-state index is 14.4. The number of hydrogen-bond acceptors (Lipinski definition) is 5. The van der Waals surface area contributed by atoms with Gasteiger partial charge in [0.15, 0.2) is 11.5 Å². The molecule has 10 heteroatoms. The van der Waals surface area contributed by atoms with Gasteiger partial charge in [0.25, 0.3) is 5.91 Å². The molecule has 1 amide bonds. The fourth-order valence-corrected chi connectivity index (χ4v) is 3.90. The van der Waals surface area contributed by atoms with Crippen LogP contribution in [0.15, 0.2) is 65.6 Å². The predicted molar refractivity (Wildman–Crippen MR) is 107 cm³/mol. The Labute approximate surface area is 176 Å². The number of halogens is 2. The SMILES string of the molecule is O=C(Nc1ccc(S(=O)(=O)NCc2ccc3c(c2)OCO3)cc1F)c1ccc(F)cc1. The van der Waals surface area contributed by atoms with Crippen molar-refractivity contribution >= 4 is 21.6 Å². The molecule has 31 heavy (non-hydrogen) atoms. The maximum absolute atomic E-state index is 14.4. The van der Waals surface area contributed by atoms with Crippen LogP contribution in [-0.2, 0) is 16.6 Å². The van der Waals surface area contributed by atoms with Gasteiger partial charge in [-0.25, -0.2) is 21.9 Å². The Morgan fingerprint density at radius 2 is 1.68 bits per heavy atom. The summed E-state index contributed by atoms with van der Waals surface area (Å²) >= 11 is 0. The third-order valence-corrected chi connectivity index (χ3v) is 5.91. The van der Waals surface area contributed by atoms with E-state index < -0.39 is 27.6 Å². The minimum absolute atomic E-state index is 0.0380. The second-order valence-electron chi connectivity index (χ2n) is 6.61. The van der Waals surface area contributed by atoms with Gasteiger partial charge in [-0.05, 0) is 60.2 Å². The minimum atomic E-state index is -4.01. The maximum Gasteiger partial charge on any atom is 0.255 e. The zero-order chi connectivity index (χ0) is 22.0. The minimum Gasteiger partial charge on any atom is -0.454 e. The molecule has 2 N–H and O–H groups in total. The largest absolute Gasteiger partial charge is 0.454 e. The molecule has 0 unspecified atom stereocenters. The van der Waals surface area contributed by atoms with E-state index >= 15 is 0 Å². The van der Waals surface area contributed by atoms with Gasteiger partial charge in [-0.1, -0.05) is 6.07 Å². The molecule has 0 atom stereocenters. The van der Waals surface area contributed by atoms with Gasteiger partial charge >= 0.3 is 0 Å². The van der Waals surface area contributed by atoms with Crippen molar-refractivity contribution in [3.63, 3.8) is 0 Å². The number of carbonyl (C=O) groups is 1. The van der Waals surface area contributed by atoms with Crippen molar-refractivity contribution in [3.8, 4) is 11.5 Å². The highest BCUT2D eigenvalue weighted by molar-refractivity contribution is 7.89. The quantitative estimate of drug-likeness (QED) is 0.605. The van der Waals surface area contributed by atoms with Crippen LogP contribution >= 0.6 is 0 Å². The van der Waals surface area contributed by atoms with Crippen LogP contribution in [0.1, 0.15) is 15.9 Å². The lowest BCUT2D eigenvalue weighted by Crippen LogP contribution is -2.23. The Hall–Kier alpha value is -3.50. The number of nitrogens with one attached hydrogen (secondary N) is 2. The molecule has 160 valence electrons. The van der Waals surface area contributed by atoms with Gasteiger partial charge < -0.3 is 14.8 Å². The molecule has 0 radical (unpaired) electrons. The van der Waals surface area contributed by atoms with E-state index in [1.54, 1.807) is 18.2 Å². The number of anilines is 1. The van der Waals surface area contributed by atoms with Crippen LogP contribution in [0, 0.1) is 11.6 Å². The van der Waals surface area contributed by atoms with E-state index in [4.69, 9.17) is 9.47 Å². The highest BCUT2D eigenvalue weighted by Crippen LogP contribution is 2.32. The van der Waals surface area contributed by atoms with E-state index in [1.165, 1.54) is 18.2 Å². The smallest absolute Gasteiger partial charge is 0.255 e. The van der Waals surface area contributed by atoms with E-state index in [2.05, 4.69) is 10.0 Å². The number of hydrogen-bond donors (Lipinski definition) is 2. The van der Waals surface area contributed by atoms with Gasteiger partial charge in [-0.3, -0.25) is 4.79 Å². The fourth-order valence-electron chi connectivity index (χ4n) is 2.87. The van der Waals surface area contributed by atoms with Gasteiger partial charge in [0.05, 0.1) is 10.6 Å². The lowest BCUT2D eigenvalue weighted by molar-refractivity contribution is 0.102. The van der Waals surface area contributed by atoms with E-state index in [-0.39, 0.29) is 29.5 Å². The topological polar surface area (TPSA) is 93.7 Å². The first-order valence-electron chi connectivity index (χ1n) is 9.06. The number of sulfonamides is 1.